The standard InChI is InChI=1S/C22H35N9O/c1-2-23-21(30-16-12-29(13-17-30)19-20-5-18-32-27-20)26-8-4-9-28-10-14-31(15-11-28)22-24-6-3-7-25-22/h3,5-7,18H,2,4,8-17,19H2,1H3,(H,23,26). The van der Waals surface area contributed by atoms with Crippen molar-refractivity contribution in [2.45, 2.75) is 19.9 Å². The fraction of sp³-hybridized carbons (Fsp3) is 0.636. The van der Waals surface area contributed by atoms with Crippen LogP contribution in [0.25, 0.3) is 0 Å². The molecule has 0 amide bonds. The molecule has 4 rings (SSSR count). The molecule has 2 aliphatic rings. The third kappa shape index (κ3) is 6.39. The molecular weight excluding hydrogens is 406 g/mol. The minimum Gasteiger partial charge on any atom is -0.364 e. The molecule has 32 heavy (non-hydrogen) atoms. The highest BCUT2D eigenvalue weighted by molar-refractivity contribution is 5.80. The van der Waals surface area contributed by atoms with Gasteiger partial charge in [-0.2, -0.15) is 0 Å². The van der Waals surface area contributed by atoms with Crippen LogP contribution in [0.2, 0.25) is 0 Å². The minimum absolute atomic E-state index is 0.841. The van der Waals surface area contributed by atoms with Crippen molar-refractivity contribution in [1.82, 2.24) is 35.1 Å². The van der Waals surface area contributed by atoms with Gasteiger partial charge in [-0.3, -0.25) is 14.8 Å². The largest absolute Gasteiger partial charge is 0.364 e. The van der Waals surface area contributed by atoms with Crippen LogP contribution in [-0.2, 0) is 6.54 Å². The van der Waals surface area contributed by atoms with Crippen molar-refractivity contribution in [2.24, 2.45) is 4.99 Å². The van der Waals surface area contributed by atoms with Crippen LogP contribution in [0.3, 0.4) is 0 Å². The molecule has 0 aliphatic carbocycles. The van der Waals surface area contributed by atoms with Gasteiger partial charge in [0, 0.05) is 97.0 Å². The second-order valence-corrected chi connectivity index (χ2v) is 8.22. The van der Waals surface area contributed by atoms with E-state index in [1.165, 1.54) is 0 Å². The summed E-state index contributed by atoms with van der Waals surface area (Å²) >= 11 is 0. The number of guanidine groups is 1. The first-order valence-corrected chi connectivity index (χ1v) is 11.7. The molecule has 0 saturated carbocycles. The number of nitrogens with one attached hydrogen (secondary N) is 1. The highest BCUT2D eigenvalue weighted by Crippen LogP contribution is 2.10. The lowest BCUT2D eigenvalue weighted by molar-refractivity contribution is 0.169. The van der Waals surface area contributed by atoms with Crippen molar-refractivity contribution in [1.29, 1.82) is 0 Å². The fourth-order valence-electron chi connectivity index (χ4n) is 4.20. The summed E-state index contributed by atoms with van der Waals surface area (Å²) in [6.45, 7) is 13.8. The molecule has 0 radical (unpaired) electrons. The van der Waals surface area contributed by atoms with E-state index in [2.05, 4.69) is 47.0 Å². The van der Waals surface area contributed by atoms with Crippen LogP contribution >= 0.6 is 0 Å². The van der Waals surface area contributed by atoms with E-state index in [0.717, 1.165) is 103 Å². The summed E-state index contributed by atoms with van der Waals surface area (Å²) in [5, 5.41) is 7.49. The molecule has 0 unspecified atom stereocenters. The Kier molecular flexibility index (Phi) is 8.27. The maximum atomic E-state index is 4.94. The van der Waals surface area contributed by atoms with Crippen molar-refractivity contribution in [3.8, 4) is 0 Å². The van der Waals surface area contributed by atoms with E-state index in [9.17, 15) is 0 Å². The number of hydrogen-bond donors (Lipinski definition) is 1. The molecule has 2 fully saturated rings. The number of nitrogens with zero attached hydrogens (tertiary/aromatic N) is 8. The van der Waals surface area contributed by atoms with Crippen LogP contribution in [-0.4, -0.2) is 108 Å². The quantitative estimate of drug-likeness (QED) is 0.362. The summed E-state index contributed by atoms with van der Waals surface area (Å²) in [7, 11) is 0. The second-order valence-electron chi connectivity index (χ2n) is 8.22. The lowest BCUT2D eigenvalue weighted by atomic mass is 10.3. The van der Waals surface area contributed by atoms with Crippen LogP contribution in [0.5, 0.6) is 0 Å². The van der Waals surface area contributed by atoms with Crippen LogP contribution in [0, 0.1) is 0 Å². The Labute approximate surface area is 190 Å². The molecule has 10 nitrogen and oxygen atoms in total. The molecule has 2 aromatic rings. The van der Waals surface area contributed by atoms with Gasteiger partial charge in [-0.15, -0.1) is 0 Å². The smallest absolute Gasteiger partial charge is 0.225 e. The Morgan fingerprint density at radius 3 is 2.47 bits per heavy atom. The first-order chi connectivity index (χ1) is 15.8. The predicted octanol–water partition coefficient (Wildman–Crippen LogP) is 0.760. The SMILES string of the molecule is CCNC(=NCCCN1CCN(c2ncccn2)CC1)N1CCN(Cc2ccon2)CC1. The lowest BCUT2D eigenvalue weighted by Crippen LogP contribution is -2.52. The second kappa shape index (κ2) is 11.8. The maximum Gasteiger partial charge on any atom is 0.225 e. The monoisotopic (exact) mass is 441 g/mol. The topological polar surface area (TPSA) is 89.2 Å². The van der Waals surface area contributed by atoms with Gasteiger partial charge in [0.15, 0.2) is 5.96 Å². The number of piperazine rings is 2. The van der Waals surface area contributed by atoms with Gasteiger partial charge in [0.25, 0.3) is 0 Å². The van der Waals surface area contributed by atoms with E-state index >= 15 is 0 Å². The first kappa shape index (κ1) is 22.5. The van der Waals surface area contributed by atoms with Crippen LogP contribution in [0.1, 0.15) is 19.0 Å². The minimum atomic E-state index is 0.841. The zero-order valence-corrected chi connectivity index (χ0v) is 19.1. The molecule has 2 aromatic heterocycles. The van der Waals surface area contributed by atoms with Crippen LogP contribution in [0.4, 0.5) is 5.95 Å². The molecule has 1 N–H and O–H groups in total. The average molecular weight is 442 g/mol. The average Bonchev–Trinajstić information content (AvgIpc) is 3.36. The van der Waals surface area contributed by atoms with Crippen LogP contribution < -0.4 is 10.2 Å². The zero-order chi connectivity index (χ0) is 22.0. The summed E-state index contributed by atoms with van der Waals surface area (Å²) in [4.78, 5) is 23.2. The Morgan fingerprint density at radius 2 is 1.78 bits per heavy atom. The molecule has 0 aromatic carbocycles. The van der Waals surface area contributed by atoms with Gasteiger partial charge in [0.2, 0.25) is 5.95 Å². The number of rotatable bonds is 8. The van der Waals surface area contributed by atoms with E-state index < -0.39 is 0 Å². The Balaban J connectivity index is 1.16. The van der Waals surface area contributed by atoms with Gasteiger partial charge >= 0.3 is 0 Å². The van der Waals surface area contributed by atoms with Crippen molar-refractivity contribution in [3.63, 3.8) is 0 Å². The van der Waals surface area contributed by atoms with Gasteiger partial charge in [-0.25, -0.2) is 9.97 Å². The molecular formula is C22H35N9O. The molecule has 10 heteroatoms. The molecule has 2 aliphatic heterocycles. The van der Waals surface area contributed by atoms with E-state index in [1.54, 1.807) is 6.26 Å². The Morgan fingerprint density at radius 1 is 1.03 bits per heavy atom. The third-order valence-corrected chi connectivity index (χ3v) is 5.98. The number of aromatic nitrogens is 3. The van der Waals surface area contributed by atoms with E-state index in [1.807, 2.05) is 24.5 Å². The van der Waals surface area contributed by atoms with Gasteiger partial charge < -0.3 is 19.6 Å². The molecule has 0 spiro atoms. The third-order valence-electron chi connectivity index (χ3n) is 5.98. The summed E-state index contributed by atoms with van der Waals surface area (Å²) in [5.41, 5.74) is 0.996. The van der Waals surface area contributed by atoms with Gasteiger partial charge in [0.05, 0.1) is 5.69 Å². The highest BCUT2D eigenvalue weighted by atomic mass is 16.5. The normalized spacial score (nSPS) is 18.8. The summed E-state index contributed by atoms with van der Waals surface area (Å²) in [6.07, 6.45) is 6.33. The van der Waals surface area contributed by atoms with E-state index in [4.69, 9.17) is 9.52 Å². The van der Waals surface area contributed by atoms with Gasteiger partial charge in [0.1, 0.15) is 6.26 Å². The first-order valence-electron chi connectivity index (χ1n) is 11.7. The molecule has 2 saturated heterocycles. The molecule has 0 atom stereocenters. The maximum absolute atomic E-state index is 4.94. The summed E-state index contributed by atoms with van der Waals surface area (Å²) in [6, 6.07) is 3.80. The fourth-order valence-corrected chi connectivity index (χ4v) is 4.20. The molecule has 174 valence electrons. The zero-order valence-electron chi connectivity index (χ0n) is 19.1. The molecule has 0 bridgehead atoms. The Bertz CT molecular complexity index is 798. The van der Waals surface area contributed by atoms with E-state index in [-0.39, 0.29) is 0 Å². The van der Waals surface area contributed by atoms with Crippen molar-refractivity contribution in [3.05, 3.63) is 36.5 Å². The highest BCUT2D eigenvalue weighted by Gasteiger charge is 2.21. The van der Waals surface area contributed by atoms with E-state index in [0.29, 0.717) is 0 Å². The van der Waals surface area contributed by atoms with Crippen molar-refractivity contribution >= 4 is 11.9 Å². The number of anilines is 1. The summed E-state index contributed by atoms with van der Waals surface area (Å²) in [5.74, 6) is 1.88. The van der Waals surface area contributed by atoms with Crippen LogP contribution in [0.15, 0.2) is 40.3 Å². The van der Waals surface area contributed by atoms with Crippen molar-refractivity contribution in [2.75, 3.05) is 76.9 Å². The van der Waals surface area contributed by atoms with Gasteiger partial charge in [-0.05, 0) is 19.4 Å². The predicted molar refractivity (Wildman–Crippen MR) is 125 cm³/mol. The number of aliphatic imine (C=N–C) groups is 1. The number of hydrogen-bond acceptors (Lipinski definition) is 8. The van der Waals surface area contributed by atoms with Crippen molar-refractivity contribution < 1.29 is 4.52 Å². The van der Waals surface area contributed by atoms with Gasteiger partial charge in [-0.1, -0.05) is 5.16 Å². The molecule has 4 heterocycles. The Hall–Kier alpha value is -2.72. The summed E-state index contributed by atoms with van der Waals surface area (Å²) < 4.78 is 4.94. The lowest BCUT2D eigenvalue weighted by Gasteiger charge is -2.36.